The Hall–Kier alpha value is -2.29. The Balaban J connectivity index is 2.07. The van der Waals surface area contributed by atoms with Crippen molar-refractivity contribution >= 4 is 11.9 Å². The molecule has 1 saturated heterocycles. The van der Waals surface area contributed by atoms with Crippen LogP contribution in [-0.2, 0) is 20.7 Å². The van der Waals surface area contributed by atoms with Crippen molar-refractivity contribution in [1.82, 2.24) is 4.90 Å². The van der Waals surface area contributed by atoms with E-state index in [1.165, 1.54) is 24.1 Å². The first kappa shape index (κ1) is 20.0. The van der Waals surface area contributed by atoms with Crippen LogP contribution in [0.1, 0.15) is 18.4 Å². The second-order valence-corrected chi connectivity index (χ2v) is 6.31. The lowest BCUT2D eigenvalue weighted by Crippen LogP contribution is -2.52. The number of ether oxygens (including phenoxy) is 2. The number of aliphatic carboxylic acids is 1. The summed E-state index contributed by atoms with van der Waals surface area (Å²) in [5.41, 5.74) is -0.806. The van der Waals surface area contributed by atoms with E-state index in [9.17, 15) is 27.9 Å². The number of carbonyl (C=O) groups is 2. The number of amides is 1. The van der Waals surface area contributed by atoms with Gasteiger partial charge in [0.15, 0.2) is 0 Å². The molecular weight excluding hydrogens is 355 g/mol. The number of methoxy groups -OCH3 is 1. The third-order valence-corrected chi connectivity index (χ3v) is 4.29. The number of carboxylic acids is 1. The smallest absolute Gasteiger partial charge is 0.481 e. The topological polar surface area (TPSA) is 76.1 Å². The Kier molecular flexibility index (Phi) is 6.12. The minimum absolute atomic E-state index is 0.00769. The molecule has 1 heterocycles. The number of hydrogen-bond donors (Lipinski definition) is 1. The summed E-state index contributed by atoms with van der Waals surface area (Å²) in [6.07, 6.45) is -4.04. The first-order chi connectivity index (χ1) is 12.1. The second-order valence-electron chi connectivity index (χ2n) is 6.31. The summed E-state index contributed by atoms with van der Waals surface area (Å²) < 4.78 is 45.7. The average Bonchev–Trinajstić information content (AvgIpc) is 2.54. The number of carboxylic acid groups (broad SMARTS) is 1. The molecule has 1 aliphatic heterocycles. The van der Waals surface area contributed by atoms with Crippen molar-refractivity contribution in [3.63, 3.8) is 0 Å². The van der Waals surface area contributed by atoms with Gasteiger partial charge < -0.3 is 19.5 Å². The maximum Gasteiger partial charge on any atom is 0.573 e. The summed E-state index contributed by atoms with van der Waals surface area (Å²) in [7, 11) is 1.40. The molecule has 1 N–H and O–H groups in total. The molecule has 1 aromatic carbocycles. The van der Waals surface area contributed by atoms with Crippen LogP contribution in [0, 0.1) is 5.41 Å². The van der Waals surface area contributed by atoms with Gasteiger partial charge in [-0.05, 0) is 30.5 Å². The van der Waals surface area contributed by atoms with Gasteiger partial charge in [-0.25, -0.2) is 0 Å². The van der Waals surface area contributed by atoms with E-state index in [4.69, 9.17) is 4.74 Å². The molecule has 1 amide bonds. The molecule has 1 unspecified atom stereocenters. The fourth-order valence-corrected chi connectivity index (χ4v) is 3.11. The summed E-state index contributed by atoms with van der Waals surface area (Å²) in [6.45, 7) is 0.394. The number of likely N-dealkylation sites (tertiary alicyclic amines) is 1. The summed E-state index contributed by atoms with van der Waals surface area (Å²) >= 11 is 0. The Morgan fingerprint density at radius 3 is 2.69 bits per heavy atom. The minimum Gasteiger partial charge on any atom is -0.481 e. The van der Waals surface area contributed by atoms with Crippen LogP contribution in [0.2, 0.25) is 0 Å². The first-order valence-electron chi connectivity index (χ1n) is 8.00. The highest BCUT2D eigenvalue weighted by atomic mass is 19.4. The van der Waals surface area contributed by atoms with Crippen molar-refractivity contribution in [2.24, 2.45) is 5.41 Å². The van der Waals surface area contributed by atoms with Gasteiger partial charge in [0, 0.05) is 20.2 Å². The van der Waals surface area contributed by atoms with E-state index in [0.29, 0.717) is 24.9 Å². The lowest BCUT2D eigenvalue weighted by Gasteiger charge is -2.39. The first-order valence-corrected chi connectivity index (χ1v) is 8.00. The molecule has 1 aromatic rings. The van der Waals surface area contributed by atoms with E-state index in [-0.39, 0.29) is 25.5 Å². The summed E-state index contributed by atoms with van der Waals surface area (Å²) in [5.74, 6) is -1.78. The van der Waals surface area contributed by atoms with Gasteiger partial charge in [-0.15, -0.1) is 13.2 Å². The highest BCUT2D eigenvalue weighted by Gasteiger charge is 2.43. The maximum absolute atomic E-state index is 12.5. The van der Waals surface area contributed by atoms with Crippen molar-refractivity contribution in [2.75, 3.05) is 26.8 Å². The number of rotatable bonds is 6. The van der Waals surface area contributed by atoms with Crippen LogP contribution >= 0.6 is 0 Å². The van der Waals surface area contributed by atoms with E-state index in [0.717, 1.165) is 12.1 Å². The standard InChI is InChI=1S/C17H20F3NO5/c1-25-11-16(15(23)24)6-3-7-21(10-16)14(22)9-12-4-2-5-13(8-12)26-17(18,19)20/h2,4-5,8H,3,6-7,9-11H2,1H3,(H,23,24). The molecule has 0 spiro atoms. The number of piperidine rings is 1. The fourth-order valence-electron chi connectivity index (χ4n) is 3.11. The van der Waals surface area contributed by atoms with Gasteiger partial charge in [-0.3, -0.25) is 9.59 Å². The van der Waals surface area contributed by atoms with Crippen molar-refractivity contribution in [3.8, 4) is 5.75 Å². The molecule has 0 aromatic heterocycles. The van der Waals surface area contributed by atoms with Crippen LogP contribution in [0.15, 0.2) is 24.3 Å². The fraction of sp³-hybridized carbons (Fsp3) is 0.529. The number of benzene rings is 1. The van der Waals surface area contributed by atoms with Gasteiger partial charge >= 0.3 is 12.3 Å². The van der Waals surface area contributed by atoms with Crippen LogP contribution in [0.4, 0.5) is 13.2 Å². The van der Waals surface area contributed by atoms with Gasteiger partial charge in [0.2, 0.25) is 5.91 Å². The Morgan fingerprint density at radius 2 is 2.08 bits per heavy atom. The largest absolute Gasteiger partial charge is 0.573 e. The lowest BCUT2D eigenvalue weighted by molar-refractivity contribution is -0.274. The monoisotopic (exact) mass is 375 g/mol. The number of carbonyl (C=O) groups excluding carboxylic acids is 1. The quantitative estimate of drug-likeness (QED) is 0.827. The molecule has 0 radical (unpaired) electrons. The summed E-state index contributed by atoms with van der Waals surface area (Å²) in [6, 6.07) is 5.18. The molecule has 0 saturated carbocycles. The van der Waals surface area contributed by atoms with Gasteiger partial charge in [0.1, 0.15) is 11.2 Å². The van der Waals surface area contributed by atoms with E-state index in [1.807, 2.05) is 0 Å². The number of alkyl halides is 3. The van der Waals surface area contributed by atoms with Crippen molar-refractivity contribution in [3.05, 3.63) is 29.8 Å². The third kappa shape index (κ3) is 5.10. The molecule has 1 fully saturated rings. The maximum atomic E-state index is 12.5. The minimum atomic E-state index is -4.81. The predicted octanol–water partition coefficient (Wildman–Crippen LogP) is 2.47. The van der Waals surface area contributed by atoms with Crippen LogP contribution in [0.3, 0.4) is 0 Å². The molecule has 2 rings (SSSR count). The van der Waals surface area contributed by atoms with Crippen LogP contribution in [0.25, 0.3) is 0 Å². The predicted molar refractivity (Wildman–Crippen MR) is 84.6 cm³/mol. The molecule has 1 aliphatic rings. The van der Waals surface area contributed by atoms with Crippen LogP contribution < -0.4 is 4.74 Å². The summed E-state index contributed by atoms with van der Waals surface area (Å²) in [4.78, 5) is 25.6. The SMILES string of the molecule is COCC1(C(=O)O)CCCN(C(=O)Cc2cccc(OC(F)(F)F)c2)C1. The van der Waals surface area contributed by atoms with Crippen LogP contribution in [0.5, 0.6) is 5.75 Å². The Labute approximate surface area is 148 Å². The van der Waals surface area contributed by atoms with Crippen molar-refractivity contribution < 1.29 is 37.3 Å². The molecule has 144 valence electrons. The molecule has 0 bridgehead atoms. The lowest BCUT2D eigenvalue weighted by atomic mass is 9.80. The highest BCUT2D eigenvalue weighted by Crippen LogP contribution is 2.31. The molecule has 6 nitrogen and oxygen atoms in total. The molecule has 9 heteroatoms. The van der Waals surface area contributed by atoms with Gasteiger partial charge in [-0.1, -0.05) is 12.1 Å². The van der Waals surface area contributed by atoms with E-state index in [2.05, 4.69) is 4.74 Å². The van der Waals surface area contributed by atoms with Gasteiger partial charge in [0.25, 0.3) is 0 Å². The summed E-state index contributed by atoms with van der Waals surface area (Å²) in [5, 5.41) is 9.51. The Morgan fingerprint density at radius 1 is 1.35 bits per heavy atom. The average molecular weight is 375 g/mol. The number of halogens is 3. The molecule has 1 atom stereocenters. The molecule has 26 heavy (non-hydrogen) atoms. The van der Waals surface area contributed by atoms with Gasteiger partial charge in [-0.2, -0.15) is 0 Å². The molecular formula is C17H20F3NO5. The molecule has 0 aliphatic carbocycles. The van der Waals surface area contributed by atoms with Crippen LogP contribution in [-0.4, -0.2) is 55.1 Å². The van der Waals surface area contributed by atoms with E-state index in [1.54, 1.807) is 0 Å². The normalized spacial score (nSPS) is 20.7. The zero-order chi connectivity index (χ0) is 19.4. The van der Waals surface area contributed by atoms with Crippen molar-refractivity contribution in [1.29, 1.82) is 0 Å². The van der Waals surface area contributed by atoms with E-state index < -0.39 is 23.5 Å². The second kappa shape index (κ2) is 7.94. The third-order valence-electron chi connectivity index (χ3n) is 4.29. The number of hydrogen-bond acceptors (Lipinski definition) is 4. The highest BCUT2D eigenvalue weighted by molar-refractivity contribution is 5.81. The zero-order valence-electron chi connectivity index (χ0n) is 14.2. The number of nitrogens with zero attached hydrogens (tertiary/aromatic N) is 1. The van der Waals surface area contributed by atoms with Crippen molar-refractivity contribution in [2.45, 2.75) is 25.6 Å². The van der Waals surface area contributed by atoms with Gasteiger partial charge in [0.05, 0.1) is 13.0 Å². The Bertz CT molecular complexity index is 660. The zero-order valence-corrected chi connectivity index (χ0v) is 14.2. The van der Waals surface area contributed by atoms with E-state index >= 15 is 0 Å².